The van der Waals surface area contributed by atoms with E-state index in [2.05, 4.69) is 5.32 Å². The molecule has 0 spiro atoms. The molecule has 1 N–H and O–H groups in total. The molecule has 0 aliphatic heterocycles. The van der Waals surface area contributed by atoms with Crippen LogP contribution in [0.2, 0.25) is 0 Å². The molecule has 0 rings (SSSR count). The minimum atomic E-state index is 0.324. The van der Waals surface area contributed by atoms with E-state index < -0.39 is 0 Å². The van der Waals surface area contributed by atoms with Gasteiger partial charge in [0.1, 0.15) is 0 Å². The van der Waals surface area contributed by atoms with Crippen LogP contribution in [0.3, 0.4) is 0 Å². The summed E-state index contributed by atoms with van der Waals surface area (Å²) in [5.74, 6) is 0. The molecule has 1 atom stereocenters. The van der Waals surface area contributed by atoms with E-state index in [0.29, 0.717) is 12.1 Å². The van der Waals surface area contributed by atoms with E-state index in [4.69, 9.17) is 9.47 Å². The van der Waals surface area contributed by atoms with E-state index in [0.717, 1.165) is 19.6 Å². The summed E-state index contributed by atoms with van der Waals surface area (Å²) in [5, 5.41) is 3.17. The average molecular weight is 175 g/mol. The zero-order valence-corrected chi connectivity index (χ0v) is 8.59. The van der Waals surface area contributed by atoms with Gasteiger partial charge in [-0.15, -0.1) is 0 Å². The van der Waals surface area contributed by atoms with Crippen molar-refractivity contribution < 1.29 is 9.47 Å². The Morgan fingerprint density at radius 3 is 2.42 bits per heavy atom. The van der Waals surface area contributed by atoms with Crippen LogP contribution in [0.15, 0.2) is 0 Å². The Bertz CT molecular complexity index is 96.5. The molecule has 0 aliphatic rings. The lowest BCUT2D eigenvalue weighted by molar-refractivity contribution is 0.0633. The van der Waals surface area contributed by atoms with Crippen molar-refractivity contribution in [3.05, 3.63) is 0 Å². The third-order valence-electron chi connectivity index (χ3n) is 1.69. The SMILES string of the molecule is CNC(CCOC(C)C)COC. The number of hydrogen-bond donors (Lipinski definition) is 1. The van der Waals surface area contributed by atoms with Gasteiger partial charge in [0, 0.05) is 19.8 Å². The zero-order chi connectivity index (χ0) is 9.40. The Labute approximate surface area is 75.4 Å². The van der Waals surface area contributed by atoms with Crippen LogP contribution in [0.4, 0.5) is 0 Å². The van der Waals surface area contributed by atoms with Crippen LogP contribution in [0.1, 0.15) is 20.3 Å². The third kappa shape index (κ3) is 6.58. The second-order valence-electron chi connectivity index (χ2n) is 3.15. The predicted molar refractivity (Wildman–Crippen MR) is 50.4 cm³/mol. The maximum absolute atomic E-state index is 5.42. The van der Waals surface area contributed by atoms with Gasteiger partial charge in [-0.2, -0.15) is 0 Å². The van der Waals surface area contributed by atoms with Crippen molar-refractivity contribution in [2.45, 2.75) is 32.4 Å². The molecular weight excluding hydrogens is 154 g/mol. The Kier molecular flexibility index (Phi) is 7.45. The summed E-state index contributed by atoms with van der Waals surface area (Å²) in [7, 11) is 3.66. The molecule has 0 aromatic rings. The fourth-order valence-electron chi connectivity index (χ4n) is 0.958. The van der Waals surface area contributed by atoms with E-state index >= 15 is 0 Å². The molecule has 0 saturated carbocycles. The first-order chi connectivity index (χ1) is 5.70. The summed E-state index contributed by atoms with van der Waals surface area (Å²) in [5.41, 5.74) is 0. The number of likely N-dealkylation sites (N-methyl/N-ethyl adjacent to an activating group) is 1. The zero-order valence-electron chi connectivity index (χ0n) is 8.59. The van der Waals surface area contributed by atoms with Crippen molar-refractivity contribution in [1.29, 1.82) is 0 Å². The number of methoxy groups -OCH3 is 1. The second kappa shape index (κ2) is 7.53. The first kappa shape index (κ1) is 11.9. The number of hydrogen-bond acceptors (Lipinski definition) is 3. The third-order valence-corrected chi connectivity index (χ3v) is 1.69. The Morgan fingerprint density at radius 2 is 2.00 bits per heavy atom. The smallest absolute Gasteiger partial charge is 0.0616 e. The molecule has 3 nitrogen and oxygen atoms in total. The molecule has 1 unspecified atom stereocenters. The van der Waals surface area contributed by atoms with Crippen molar-refractivity contribution >= 4 is 0 Å². The average Bonchev–Trinajstić information content (AvgIpc) is 2.02. The van der Waals surface area contributed by atoms with Crippen LogP contribution in [-0.2, 0) is 9.47 Å². The van der Waals surface area contributed by atoms with Gasteiger partial charge in [-0.3, -0.25) is 0 Å². The highest BCUT2D eigenvalue weighted by Gasteiger charge is 2.04. The molecule has 0 heterocycles. The van der Waals surface area contributed by atoms with Crippen molar-refractivity contribution in [2.24, 2.45) is 0 Å². The van der Waals surface area contributed by atoms with E-state index in [1.165, 1.54) is 0 Å². The minimum absolute atomic E-state index is 0.324. The molecule has 0 aromatic heterocycles. The molecule has 0 amide bonds. The van der Waals surface area contributed by atoms with Gasteiger partial charge in [0.25, 0.3) is 0 Å². The first-order valence-electron chi connectivity index (χ1n) is 4.48. The van der Waals surface area contributed by atoms with Crippen molar-refractivity contribution in [1.82, 2.24) is 5.32 Å². The van der Waals surface area contributed by atoms with Gasteiger partial charge in [0.15, 0.2) is 0 Å². The van der Waals surface area contributed by atoms with Crippen molar-refractivity contribution in [3.63, 3.8) is 0 Å². The highest BCUT2D eigenvalue weighted by Crippen LogP contribution is 1.95. The van der Waals surface area contributed by atoms with Crippen LogP contribution in [0.25, 0.3) is 0 Å². The summed E-state index contributed by atoms with van der Waals surface area (Å²) in [6.45, 7) is 5.64. The highest BCUT2D eigenvalue weighted by atomic mass is 16.5. The molecule has 12 heavy (non-hydrogen) atoms. The van der Waals surface area contributed by atoms with Crippen LogP contribution in [-0.4, -0.2) is 39.5 Å². The molecule has 74 valence electrons. The molecule has 0 fully saturated rings. The fourth-order valence-corrected chi connectivity index (χ4v) is 0.958. The van der Waals surface area contributed by atoms with Gasteiger partial charge in [-0.05, 0) is 27.3 Å². The van der Waals surface area contributed by atoms with Gasteiger partial charge in [-0.1, -0.05) is 0 Å². The monoisotopic (exact) mass is 175 g/mol. The fraction of sp³-hybridized carbons (Fsp3) is 1.00. The van der Waals surface area contributed by atoms with Crippen molar-refractivity contribution in [3.8, 4) is 0 Å². The van der Waals surface area contributed by atoms with Gasteiger partial charge in [-0.25, -0.2) is 0 Å². The Morgan fingerprint density at radius 1 is 1.33 bits per heavy atom. The van der Waals surface area contributed by atoms with Gasteiger partial charge < -0.3 is 14.8 Å². The lowest BCUT2D eigenvalue weighted by Gasteiger charge is -2.15. The maximum Gasteiger partial charge on any atom is 0.0616 e. The van der Waals surface area contributed by atoms with E-state index in [1.54, 1.807) is 7.11 Å². The molecule has 3 heteroatoms. The van der Waals surface area contributed by atoms with Gasteiger partial charge >= 0.3 is 0 Å². The van der Waals surface area contributed by atoms with Crippen LogP contribution < -0.4 is 5.32 Å². The summed E-state index contributed by atoms with van der Waals surface area (Å²) in [6.07, 6.45) is 1.33. The largest absolute Gasteiger partial charge is 0.383 e. The highest BCUT2D eigenvalue weighted by molar-refractivity contribution is 4.62. The summed E-state index contributed by atoms with van der Waals surface area (Å²) < 4.78 is 10.5. The number of rotatable bonds is 7. The quantitative estimate of drug-likeness (QED) is 0.627. The lowest BCUT2D eigenvalue weighted by Crippen LogP contribution is -2.31. The van der Waals surface area contributed by atoms with Crippen LogP contribution in [0.5, 0.6) is 0 Å². The molecule has 0 aromatic carbocycles. The molecular formula is C9H21NO2. The normalized spacial score (nSPS) is 13.8. The lowest BCUT2D eigenvalue weighted by atomic mass is 10.2. The Hall–Kier alpha value is -0.120. The van der Waals surface area contributed by atoms with Crippen molar-refractivity contribution in [2.75, 3.05) is 27.4 Å². The molecule has 0 radical (unpaired) electrons. The van der Waals surface area contributed by atoms with Gasteiger partial charge in [0.2, 0.25) is 0 Å². The first-order valence-corrected chi connectivity index (χ1v) is 4.48. The standard InChI is InChI=1S/C9H21NO2/c1-8(2)12-6-5-9(10-3)7-11-4/h8-10H,5-7H2,1-4H3. The topological polar surface area (TPSA) is 30.5 Å². The van der Waals surface area contributed by atoms with E-state index in [-0.39, 0.29) is 0 Å². The van der Waals surface area contributed by atoms with Gasteiger partial charge in [0.05, 0.1) is 12.7 Å². The number of ether oxygens (including phenoxy) is 2. The molecule has 0 aliphatic carbocycles. The maximum atomic E-state index is 5.42. The Balaban J connectivity index is 3.31. The number of nitrogens with one attached hydrogen (secondary N) is 1. The predicted octanol–water partition coefficient (Wildman–Crippen LogP) is 1.04. The van der Waals surface area contributed by atoms with E-state index in [9.17, 15) is 0 Å². The second-order valence-corrected chi connectivity index (χ2v) is 3.15. The summed E-state index contributed by atoms with van der Waals surface area (Å²) in [4.78, 5) is 0. The molecule has 0 bridgehead atoms. The minimum Gasteiger partial charge on any atom is -0.383 e. The summed E-state index contributed by atoms with van der Waals surface area (Å²) in [6, 6.07) is 0.411. The van der Waals surface area contributed by atoms with Crippen LogP contribution in [0, 0.1) is 0 Å². The molecule has 0 saturated heterocycles. The van der Waals surface area contributed by atoms with Crippen LogP contribution >= 0.6 is 0 Å². The summed E-state index contributed by atoms with van der Waals surface area (Å²) >= 11 is 0. The van der Waals surface area contributed by atoms with E-state index in [1.807, 2.05) is 20.9 Å².